The van der Waals surface area contributed by atoms with Gasteiger partial charge in [0.1, 0.15) is 6.04 Å². The minimum absolute atomic E-state index is 0.104. The molecule has 1 atom stereocenters. The highest BCUT2D eigenvalue weighted by Gasteiger charge is 2.31. The van der Waals surface area contributed by atoms with Crippen LogP contribution in [0.1, 0.15) is 57.2 Å². The first-order chi connectivity index (χ1) is 14.5. The standard InChI is InChI=1S/C25H32Cl2N2O2/c1-6-22(24(31)28-25(3,4)5)29(16-19-20(26)8-7-9-21(19)27)23(30)15-14-18-12-10-17(2)11-13-18/h7-13,22H,6,14-16H2,1-5H3,(H,28,31)/t22-/m1/s1. The molecule has 2 amide bonds. The average molecular weight is 463 g/mol. The predicted octanol–water partition coefficient (Wildman–Crippen LogP) is 5.96. The maximum Gasteiger partial charge on any atom is 0.243 e. The molecule has 0 aliphatic rings. The van der Waals surface area contributed by atoms with Crippen LogP contribution in [0.2, 0.25) is 10.0 Å². The van der Waals surface area contributed by atoms with E-state index in [9.17, 15) is 9.59 Å². The van der Waals surface area contributed by atoms with Gasteiger partial charge in [0, 0.05) is 34.1 Å². The van der Waals surface area contributed by atoms with Crippen LogP contribution in [0.5, 0.6) is 0 Å². The van der Waals surface area contributed by atoms with Crippen molar-refractivity contribution in [1.82, 2.24) is 10.2 Å². The van der Waals surface area contributed by atoms with Crippen molar-refractivity contribution in [2.75, 3.05) is 0 Å². The van der Waals surface area contributed by atoms with Crippen LogP contribution in [0.3, 0.4) is 0 Å². The molecule has 0 radical (unpaired) electrons. The van der Waals surface area contributed by atoms with Crippen LogP contribution in [0.4, 0.5) is 0 Å². The SMILES string of the molecule is CC[C@H](C(=O)NC(C)(C)C)N(Cc1c(Cl)cccc1Cl)C(=O)CCc1ccc(C)cc1. The molecule has 0 aliphatic carbocycles. The third kappa shape index (κ3) is 7.55. The van der Waals surface area contributed by atoms with Gasteiger partial charge >= 0.3 is 0 Å². The number of aryl methyl sites for hydroxylation is 2. The molecule has 2 aromatic rings. The van der Waals surface area contributed by atoms with Crippen LogP contribution >= 0.6 is 23.2 Å². The lowest BCUT2D eigenvalue weighted by molar-refractivity contribution is -0.142. The first kappa shape index (κ1) is 25.2. The summed E-state index contributed by atoms with van der Waals surface area (Å²) in [7, 11) is 0. The van der Waals surface area contributed by atoms with Gasteiger partial charge < -0.3 is 10.2 Å². The molecule has 0 fully saturated rings. The summed E-state index contributed by atoms with van der Waals surface area (Å²) in [5, 5.41) is 3.96. The molecule has 0 saturated heterocycles. The second-order valence-electron chi connectivity index (χ2n) is 8.87. The van der Waals surface area contributed by atoms with Gasteiger partial charge in [0.25, 0.3) is 0 Å². The van der Waals surface area contributed by atoms with Gasteiger partial charge in [0.05, 0.1) is 0 Å². The molecule has 2 aromatic carbocycles. The molecular formula is C25H32Cl2N2O2. The average Bonchev–Trinajstić information content (AvgIpc) is 2.68. The Bertz CT molecular complexity index is 884. The largest absolute Gasteiger partial charge is 0.350 e. The van der Waals surface area contributed by atoms with E-state index in [2.05, 4.69) is 5.32 Å². The number of hydrogen-bond acceptors (Lipinski definition) is 2. The van der Waals surface area contributed by atoms with Gasteiger partial charge in [0.15, 0.2) is 0 Å². The topological polar surface area (TPSA) is 49.4 Å². The fraction of sp³-hybridized carbons (Fsp3) is 0.440. The normalized spacial score (nSPS) is 12.4. The quantitative estimate of drug-likeness (QED) is 0.526. The number of carbonyl (C=O) groups is 2. The van der Waals surface area contributed by atoms with E-state index in [0.717, 1.165) is 5.56 Å². The minimum Gasteiger partial charge on any atom is -0.350 e. The van der Waals surface area contributed by atoms with Crippen LogP contribution in [0.15, 0.2) is 42.5 Å². The fourth-order valence-electron chi connectivity index (χ4n) is 3.38. The van der Waals surface area contributed by atoms with Crippen molar-refractivity contribution in [1.29, 1.82) is 0 Å². The third-order valence-electron chi connectivity index (χ3n) is 5.02. The fourth-order valence-corrected chi connectivity index (χ4v) is 3.89. The van der Waals surface area contributed by atoms with Crippen LogP contribution < -0.4 is 5.32 Å². The van der Waals surface area contributed by atoms with Gasteiger partial charge in [-0.05, 0) is 58.2 Å². The molecule has 2 rings (SSSR count). The first-order valence-electron chi connectivity index (χ1n) is 10.6. The Labute approximate surface area is 195 Å². The van der Waals surface area contributed by atoms with E-state index in [1.807, 2.05) is 58.9 Å². The summed E-state index contributed by atoms with van der Waals surface area (Å²) in [4.78, 5) is 28.0. The number of benzene rings is 2. The maximum absolute atomic E-state index is 13.3. The zero-order chi connectivity index (χ0) is 23.2. The van der Waals surface area contributed by atoms with E-state index in [4.69, 9.17) is 23.2 Å². The summed E-state index contributed by atoms with van der Waals surface area (Å²) in [5.74, 6) is -0.283. The predicted molar refractivity (Wildman–Crippen MR) is 128 cm³/mol. The van der Waals surface area contributed by atoms with Crippen LogP contribution in [0, 0.1) is 6.92 Å². The number of halogens is 2. The molecule has 31 heavy (non-hydrogen) atoms. The van der Waals surface area contributed by atoms with E-state index >= 15 is 0 Å². The highest BCUT2D eigenvalue weighted by molar-refractivity contribution is 6.36. The van der Waals surface area contributed by atoms with Crippen LogP contribution in [0.25, 0.3) is 0 Å². The van der Waals surface area contributed by atoms with Gasteiger partial charge in [-0.1, -0.05) is 66.0 Å². The van der Waals surface area contributed by atoms with Gasteiger partial charge in [-0.3, -0.25) is 9.59 Å². The Morgan fingerprint density at radius 1 is 1.03 bits per heavy atom. The van der Waals surface area contributed by atoms with E-state index in [-0.39, 0.29) is 18.4 Å². The zero-order valence-corrected chi connectivity index (χ0v) is 20.5. The van der Waals surface area contributed by atoms with E-state index in [1.54, 1.807) is 23.1 Å². The van der Waals surface area contributed by atoms with Crippen molar-refractivity contribution in [2.45, 2.75) is 72.0 Å². The van der Waals surface area contributed by atoms with Crippen LogP contribution in [-0.2, 0) is 22.6 Å². The monoisotopic (exact) mass is 462 g/mol. The van der Waals surface area contributed by atoms with Crippen molar-refractivity contribution in [2.24, 2.45) is 0 Å². The third-order valence-corrected chi connectivity index (χ3v) is 5.73. The summed E-state index contributed by atoms with van der Waals surface area (Å²) >= 11 is 12.8. The second kappa shape index (κ2) is 11.0. The molecule has 168 valence electrons. The van der Waals surface area contributed by atoms with Crippen molar-refractivity contribution < 1.29 is 9.59 Å². The van der Waals surface area contributed by atoms with Gasteiger partial charge in [-0.15, -0.1) is 0 Å². The van der Waals surface area contributed by atoms with Crippen molar-refractivity contribution >= 4 is 35.0 Å². The highest BCUT2D eigenvalue weighted by Crippen LogP contribution is 2.27. The molecule has 0 saturated carbocycles. The number of amides is 2. The molecule has 0 aliphatic heterocycles. The van der Waals surface area contributed by atoms with Crippen molar-refractivity contribution in [3.63, 3.8) is 0 Å². The minimum atomic E-state index is -0.614. The van der Waals surface area contributed by atoms with E-state index in [0.29, 0.717) is 34.9 Å². The van der Waals surface area contributed by atoms with Gasteiger partial charge in [-0.2, -0.15) is 0 Å². The maximum atomic E-state index is 13.3. The molecule has 0 unspecified atom stereocenters. The molecule has 6 heteroatoms. The Morgan fingerprint density at radius 3 is 2.13 bits per heavy atom. The van der Waals surface area contributed by atoms with Crippen molar-refractivity contribution in [3.05, 3.63) is 69.2 Å². The molecule has 0 heterocycles. The van der Waals surface area contributed by atoms with Gasteiger partial charge in [0.2, 0.25) is 11.8 Å². The number of rotatable bonds is 8. The number of nitrogens with one attached hydrogen (secondary N) is 1. The van der Waals surface area contributed by atoms with Crippen molar-refractivity contribution in [3.8, 4) is 0 Å². The highest BCUT2D eigenvalue weighted by atomic mass is 35.5. The van der Waals surface area contributed by atoms with Crippen LogP contribution in [-0.4, -0.2) is 28.3 Å². The zero-order valence-electron chi connectivity index (χ0n) is 19.0. The lowest BCUT2D eigenvalue weighted by Gasteiger charge is -2.33. The molecule has 1 N–H and O–H groups in total. The summed E-state index contributed by atoms with van der Waals surface area (Å²) in [6.45, 7) is 9.89. The molecule has 0 spiro atoms. The Morgan fingerprint density at radius 2 is 1.61 bits per heavy atom. The first-order valence-corrected chi connectivity index (χ1v) is 11.4. The Hall–Kier alpha value is -2.04. The number of carbonyl (C=O) groups excluding carboxylic acids is 2. The lowest BCUT2D eigenvalue weighted by atomic mass is 10.0. The molecular weight excluding hydrogens is 431 g/mol. The smallest absolute Gasteiger partial charge is 0.243 e. The lowest BCUT2D eigenvalue weighted by Crippen LogP contribution is -2.53. The summed E-state index contributed by atoms with van der Waals surface area (Å²) < 4.78 is 0. The Kier molecular flexibility index (Phi) is 8.96. The number of nitrogens with zero attached hydrogens (tertiary/aromatic N) is 1. The van der Waals surface area contributed by atoms with Gasteiger partial charge in [-0.25, -0.2) is 0 Å². The second-order valence-corrected chi connectivity index (χ2v) is 9.69. The summed E-state index contributed by atoms with van der Waals surface area (Å²) in [6.07, 6.45) is 1.38. The molecule has 0 aromatic heterocycles. The molecule has 0 bridgehead atoms. The molecule has 4 nitrogen and oxygen atoms in total. The Balaban J connectivity index is 2.29. The summed E-state index contributed by atoms with van der Waals surface area (Å²) in [6, 6.07) is 12.8. The van der Waals surface area contributed by atoms with E-state index in [1.165, 1.54) is 5.56 Å². The summed E-state index contributed by atoms with van der Waals surface area (Å²) in [5.41, 5.74) is 2.51. The van der Waals surface area contributed by atoms with E-state index < -0.39 is 11.6 Å². The number of hydrogen-bond donors (Lipinski definition) is 1.